The number of hydrogen-bond donors (Lipinski definition) is 0. The van der Waals surface area contributed by atoms with Gasteiger partial charge in [-0.1, -0.05) is 23.7 Å². The average molecular weight is 233 g/mol. The van der Waals surface area contributed by atoms with Crippen LogP contribution in [-0.4, -0.2) is 12.1 Å². The van der Waals surface area contributed by atoms with E-state index >= 15 is 0 Å². The molecule has 0 aliphatic carbocycles. The molecule has 0 saturated heterocycles. The van der Waals surface area contributed by atoms with E-state index in [4.69, 9.17) is 16.3 Å². The predicted octanol–water partition coefficient (Wildman–Crippen LogP) is 3.34. The van der Waals surface area contributed by atoms with Crippen molar-refractivity contribution in [1.29, 1.82) is 0 Å². The van der Waals surface area contributed by atoms with Crippen LogP contribution in [0.5, 0.6) is 5.75 Å². The first kappa shape index (κ1) is 11.0. The summed E-state index contributed by atoms with van der Waals surface area (Å²) < 4.78 is 5.15. The highest BCUT2D eigenvalue weighted by Gasteiger charge is 2.00. The highest BCUT2D eigenvalue weighted by atomic mass is 35.5. The van der Waals surface area contributed by atoms with E-state index in [-0.39, 0.29) is 0 Å². The summed E-state index contributed by atoms with van der Waals surface area (Å²) in [5, 5.41) is 0.636. The number of benzene rings is 1. The molecule has 2 rings (SSSR count). The van der Waals surface area contributed by atoms with Crippen LogP contribution < -0.4 is 4.74 Å². The molecule has 0 N–H and O–H groups in total. The topological polar surface area (TPSA) is 22.1 Å². The standard InChI is InChI=1S/C13H11ClNO/c1-16-13-4-2-3-10(7-13)5-11-6-12(14)9-15-8-11/h2-9H,1H3. The van der Waals surface area contributed by atoms with Gasteiger partial charge in [-0.3, -0.25) is 4.98 Å². The minimum atomic E-state index is 0.636. The second-order valence-corrected chi connectivity index (χ2v) is 3.79. The molecule has 2 nitrogen and oxygen atoms in total. The lowest BCUT2D eigenvalue weighted by Crippen LogP contribution is -1.88. The maximum atomic E-state index is 5.86. The van der Waals surface area contributed by atoms with Crippen molar-refractivity contribution >= 4 is 11.6 Å². The molecule has 0 fully saturated rings. The molecule has 1 radical (unpaired) electrons. The van der Waals surface area contributed by atoms with Crippen LogP contribution in [0.2, 0.25) is 5.02 Å². The summed E-state index contributed by atoms with van der Waals surface area (Å²) >= 11 is 5.86. The van der Waals surface area contributed by atoms with Crippen LogP contribution in [0.3, 0.4) is 0 Å². The van der Waals surface area contributed by atoms with Crippen molar-refractivity contribution in [3.05, 3.63) is 65.3 Å². The Morgan fingerprint density at radius 3 is 2.81 bits per heavy atom. The molecule has 0 bridgehead atoms. The summed E-state index contributed by atoms with van der Waals surface area (Å²) in [4.78, 5) is 4.03. The number of rotatable bonds is 3. The van der Waals surface area contributed by atoms with Crippen LogP contribution in [0.4, 0.5) is 0 Å². The number of halogens is 1. The Morgan fingerprint density at radius 1 is 1.19 bits per heavy atom. The molecular formula is C13H11ClNO. The zero-order valence-electron chi connectivity index (χ0n) is 8.85. The Balaban J connectivity index is 2.20. The van der Waals surface area contributed by atoms with E-state index in [1.165, 1.54) is 0 Å². The van der Waals surface area contributed by atoms with Crippen LogP contribution in [0.1, 0.15) is 11.1 Å². The van der Waals surface area contributed by atoms with Gasteiger partial charge in [-0.15, -0.1) is 0 Å². The Bertz CT molecular complexity index is 485. The Kier molecular flexibility index (Phi) is 3.42. The Hall–Kier alpha value is -1.54. The molecule has 0 aliphatic rings. The van der Waals surface area contributed by atoms with Gasteiger partial charge in [0.15, 0.2) is 0 Å². The van der Waals surface area contributed by atoms with Crippen molar-refractivity contribution in [2.75, 3.05) is 7.11 Å². The maximum Gasteiger partial charge on any atom is 0.119 e. The van der Waals surface area contributed by atoms with Crippen molar-refractivity contribution in [3.8, 4) is 5.75 Å². The normalized spacial score (nSPS) is 10.1. The molecule has 0 aliphatic heterocycles. The summed E-state index contributed by atoms with van der Waals surface area (Å²) in [6.45, 7) is 0. The smallest absolute Gasteiger partial charge is 0.119 e. The van der Waals surface area contributed by atoms with E-state index in [0.29, 0.717) is 5.02 Å². The largest absolute Gasteiger partial charge is 0.497 e. The summed E-state index contributed by atoms with van der Waals surface area (Å²) in [5.41, 5.74) is 2.03. The summed E-state index contributed by atoms with van der Waals surface area (Å²) in [6.07, 6.45) is 5.39. The fourth-order valence-electron chi connectivity index (χ4n) is 1.43. The molecule has 0 spiro atoms. The minimum absolute atomic E-state index is 0.636. The van der Waals surface area contributed by atoms with Crippen molar-refractivity contribution in [3.63, 3.8) is 0 Å². The highest BCUT2D eigenvalue weighted by molar-refractivity contribution is 6.30. The number of hydrogen-bond acceptors (Lipinski definition) is 2. The molecule has 0 amide bonds. The monoisotopic (exact) mass is 232 g/mol. The summed E-state index contributed by atoms with van der Waals surface area (Å²) in [7, 11) is 1.65. The third-order valence-electron chi connectivity index (χ3n) is 2.15. The van der Waals surface area contributed by atoms with Crippen LogP contribution >= 0.6 is 11.6 Å². The van der Waals surface area contributed by atoms with Gasteiger partial charge in [-0.05, 0) is 29.3 Å². The van der Waals surface area contributed by atoms with Gasteiger partial charge < -0.3 is 4.74 Å². The van der Waals surface area contributed by atoms with E-state index in [2.05, 4.69) is 4.98 Å². The van der Waals surface area contributed by atoms with Gasteiger partial charge in [0.2, 0.25) is 0 Å². The van der Waals surface area contributed by atoms with Gasteiger partial charge in [-0.25, -0.2) is 0 Å². The summed E-state index contributed by atoms with van der Waals surface area (Å²) in [5.74, 6) is 0.837. The molecule has 3 heteroatoms. The molecule has 0 saturated carbocycles. The average Bonchev–Trinajstić information content (AvgIpc) is 2.29. The fraction of sp³-hybridized carbons (Fsp3) is 0.0769. The Morgan fingerprint density at radius 2 is 2.06 bits per heavy atom. The van der Waals surface area contributed by atoms with Crippen molar-refractivity contribution in [1.82, 2.24) is 4.98 Å². The predicted molar refractivity (Wildman–Crippen MR) is 64.7 cm³/mol. The van der Waals surface area contributed by atoms with Crippen molar-refractivity contribution in [2.24, 2.45) is 0 Å². The third-order valence-corrected chi connectivity index (χ3v) is 2.36. The Labute approximate surface area is 99.9 Å². The molecule has 0 unspecified atom stereocenters. The van der Waals surface area contributed by atoms with Crippen LogP contribution in [-0.2, 0) is 0 Å². The van der Waals surface area contributed by atoms with E-state index in [0.717, 1.165) is 16.9 Å². The maximum absolute atomic E-state index is 5.86. The quantitative estimate of drug-likeness (QED) is 0.810. The van der Waals surface area contributed by atoms with E-state index in [9.17, 15) is 0 Å². The fourth-order valence-corrected chi connectivity index (χ4v) is 1.61. The third kappa shape index (κ3) is 2.74. The van der Waals surface area contributed by atoms with Gasteiger partial charge in [0.1, 0.15) is 5.75 Å². The van der Waals surface area contributed by atoms with Gasteiger partial charge in [0, 0.05) is 18.8 Å². The zero-order valence-corrected chi connectivity index (χ0v) is 9.61. The molecule has 81 valence electrons. The van der Waals surface area contributed by atoms with Crippen molar-refractivity contribution in [2.45, 2.75) is 0 Å². The number of ether oxygens (including phenoxy) is 1. The molecule has 16 heavy (non-hydrogen) atoms. The first-order chi connectivity index (χ1) is 7.78. The minimum Gasteiger partial charge on any atom is -0.497 e. The van der Waals surface area contributed by atoms with E-state index < -0.39 is 0 Å². The van der Waals surface area contributed by atoms with Gasteiger partial charge >= 0.3 is 0 Å². The number of nitrogens with zero attached hydrogens (tertiary/aromatic N) is 1. The second-order valence-electron chi connectivity index (χ2n) is 3.36. The summed E-state index contributed by atoms with van der Waals surface area (Å²) in [6, 6.07) is 9.69. The number of aromatic nitrogens is 1. The SMILES string of the molecule is COc1cccc([CH]c2cncc(Cl)c2)c1. The lowest BCUT2D eigenvalue weighted by Gasteiger charge is -2.04. The molecule has 0 atom stereocenters. The molecule has 2 aromatic rings. The van der Waals surface area contributed by atoms with E-state index in [1.807, 2.05) is 36.8 Å². The van der Waals surface area contributed by atoms with Crippen LogP contribution in [0.15, 0.2) is 42.7 Å². The molecular weight excluding hydrogens is 222 g/mol. The lowest BCUT2D eigenvalue weighted by atomic mass is 10.1. The first-order valence-electron chi connectivity index (χ1n) is 4.87. The van der Waals surface area contributed by atoms with Gasteiger partial charge in [0.05, 0.1) is 12.1 Å². The lowest BCUT2D eigenvalue weighted by molar-refractivity contribution is 0.414. The zero-order chi connectivity index (χ0) is 11.4. The molecule has 1 aromatic carbocycles. The first-order valence-corrected chi connectivity index (χ1v) is 5.25. The second kappa shape index (κ2) is 4.99. The molecule has 1 heterocycles. The van der Waals surface area contributed by atoms with E-state index in [1.54, 1.807) is 19.5 Å². The van der Waals surface area contributed by atoms with Crippen LogP contribution in [0.25, 0.3) is 0 Å². The van der Waals surface area contributed by atoms with Crippen molar-refractivity contribution < 1.29 is 4.74 Å². The van der Waals surface area contributed by atoms with Gasteiger partial charge in [-0.2, -0.15) is 0 Å². The molecule has 1 aromatic heterocycles. The number of methoxy groups -OCH3 is 1. The highest BCUT2D eigenvalue weighted by Crippen LogP contribution is 2.18. The number of pyridine rings is 1. The van der Waals surface area contributed by atoms with Crippen LogP contribution in [0, 0.1) is 6.42 Å². The van der Waals surface area contributed by atoms with Gasteiger partial charge in [0.25, 0.3) is 0 Å².